The van der Waals surface area contributed by atoms with Gasteiger partial charge in [-0.05, 0) is 31.7 Å². The first kappa shape index (κ1) is 13.3. The highest BCUT2D eigenvalue weighted by Gasteiger charge is 2.21. The summed E-state index contributed by atoms with van der Waals surface area (Å²) in [6.07, 6.45) is 1.17. The van der Waals surface area contributed by atoms with Crippen LogP contribution in [0, 0.1) is 0 Å². The number of rotatable bonds is 4. The molecular weight excluding hydrogens is 252 g/mol. The number of hydrogen-bond donors (Lipinski definition) is 1. The fourth-order valence-electron chi connectivity index (χ4n) is 2.06. The number of nitrogens with two attached hydrogens (primary N) is 1. The fraction of sp³-hybridized carbons (Fsp3) is 0.462. The molecule has 1 aromatic rings. The van der Waals surface area contributed by atoms with Gasteiger partial charge in [0.1, 0.15) is 11.9 Å². The van der Waals surface area contributed by atoms with Crippen molar-refractivity contribution in [2.75, 3.05) is 26.7 Å². The van der Waals surface area contributed by atoms with E-state index in [1.165, 1.54) is 0 Å². The minimum atomic E-state index is -0.121. The van der Waals surface area contributed by atoms with Crippen LogP contribution in [0.2, 0.25) is 5.02 Å². The van der Waals surface area contributed by atoms with E-state index in [1.54, 1.807) is 18.2 Å². The first-order valence-corrected chi connectivity index (χ1v) is 6.36. The summed E-state index contributed by atoms with van der Waals surface area (Å²) in [7, 11) is 2.06. The number of carbonyl (C=O) groups excluding carboxylic acids is 1. The summed E-state index contributed by atoms with van der Waals surface area (Å²) in [5.41, 5.74) is 5.84. The van der Waals surface area contributed by atoms with Crippen molar-refractivity contribution < 1.29 is 9.53 Å². The molecule has 0 saturated carbocycles. The number of benzene rings is 1. The van der Waals surface area contributed by atoms with Gasteiger partial charge in [0.2, 0.25) is 0 Å². The maximum Gasteiger partial charge on any atom is 0.176 e. The van der Waals surface area contributed by atoms with Crippen LogP contribution in [0.4, 0.5) is 0 Å². The van der Waals surface area contributed by atoms with E-state index in [4.69, 9.17) is 22.1 Å². The lowest BCUT2D eigenvalue weighted by atomic mass is 10.1. The average Bonchev–Trinajstić information content (AvgIpc) is 2.76. The first-order valence-electron chi connectivity index (χ1n) is 5.98. The van der Waals surface area contributed by atoms with Gasteiger partial charge >= 0.3 is 0 Å². The third-order valence-corrected chi connectivity index (χ3v) is 3.38. The zero-order valence-electron chi connectivity index (χ0n) is 10.4. The van der Waals surface area contributed by atoms with Crippen LogP contribution < -0.4 is 10.5 Å². The van der Waals surface area contributed by atoms with Crippen LogP contribution in [0.3, 0.4) is 0 Å². The Kier molecular flexibility index (Phi) is 4.22. The van der Waals surface area contributed by atoms with Crippen molar-refractivity contribution >= 4 is 17.4 Å². The molecule has 0 spiro atoms. The molecular formula is C13H17ClN2O2. The molecule has 1 fully saturated rings. The van der Waals surface area contributed by atoms with Gasteiger partial charge in [-0.3, -0.25) is 4.79 Å². The Labute approximate surface area is 112 Å². The van der Waals surface area contributed by atoms with Gasteiger partial charge in [0.15, 0.2) is 5.78 Å². The number of nitrogens with zero attached hydrogens (tertiary/aromatic N) is 1. The number of halogens is 1. The molecule has 0 amide bonds. The Balaban J connectivity index is 2.08. The normalized spacial score (nSPS) is 20.1. The van der Waals surface area contributed by atoms with Crippen LogP contribution in [-0.2, 0) is 0 Å². The Hall–Kier alpha value is -1.10. The molecule has 4 nitrogen and oxygen atoms in total. The number of Topliss-reactive ketones (excluding diaryl/α,β-unsaturated/α-hetero) is 1. The van der Waals surface area contributed by atoms with Crippen molar-refractivity contribution in [2.24, 2.45) is 5.73 Å². The van der Waals surface area contributed by atoms with Gasteiger partial charge in [-0.2, -0.15) is 0 Å². The summed E-state index contributed by atoms with van der Waals surface area (Å²) in [6.45, 7) is 1.93. The average molecular weight is 269 g/mol. The molecule has 0 radical (unpaired) electrons. The summed E-state index contributed by atoms with van der Waals surface area (Å²) in [5, 5.41) is 0.462. The van der Waals surface area contributed by atoms with E-state index >= 15 is 0 Å². The van der Waals surface area contributed by atoms with E-state index in [1.807, 2.05) is 0 Å². The van der Waals surface area contributed by atoms with E-state index in [0.717, 1.165) is 19.5 Å². The minimum absolute atomic E-state index is 0.00997. The SMILES string of the molecule is CN1CCC(Oc2ccc(C(=O)CN)cc2Cl)C1. The summed E-state index contributed by atoms with van der Waals surface area (Å²) in [5.74, 6) is 0.509. The molecule has 98 valence electrons. The molecule has 1 atom stereocenters. The van der Waals surface area contributed by atoms with Crippen molar-refractivity contribution in [3.63, 3.8) is 0 Å². The smallest absolute Gasteiger partial charge is 0.176 e. The number of likely N-dealkylation sites (N-methyl/N-ethyl adjacent to an activating group) is 1. The number of carbonyl (C=O) groups is 1. The van der Waals surface area contributed by atoms with Crippen molar-refractivity contribution in [2.45, 2.75) is 12.5 Å². The van der Waals surface area contributed by atoms with Gasteiger partial charge in [0, 0.05) is 18.7 Å². The lowest BCUT2D eigenvalue weighted by Crippen LogP contribution is -2.21. The molecule has 0 bridgehead atoms. The van der Waals surface area contributed by atoms with Gasteiger partial charge in [-0.1, -0.05) is 11.6 Å². The number of likely N-dealkylation sites (tertiary alicyclic amines) is 1. The highest BCUT2D eigenvalue weighted by molar-refractivity contribution is 6.32. The van der Waals surface area contributed by atoms with Gasteiger partial charge in [-0.25, -0.2) is 0 Å². The highest BCUT2D eigenvalue weighted by atomic mass is 35.5. The van der Waals surface area contributed by atoms with Crippen molar-refractivity contribution in [1.29, 1.82) is 0 Å². The minimum Gasteiger partial charge on any atom is -0.487 e. The maximum atomic E-state index is 11.4. The third-order valence-electron chi connectivity index (χ3n) is 3.08. The molecule has 1 aromatic carbocycles. The lowest BCUT2D eigenvalue weighted by Gasteiger charge is -2.15. The summed E-state index contributed by atoms with van der Waals surface area (Å²) >= 11 is 6.11. The van der Waals surface area contributed by atoms with Crippen molar-refractivity contribution in [3.8, 4) is 5.75 Å². The molecule has 0 aliphatic carbocycles. The Bertz CT molecular complexity index is 451. The van der Waals surface area contributed by atoms with E-state index in [0.29, 0.717) is 16.3 Å². The largest absolute Gasteiger partial charge is 0.487 e. The quantitative estimate of drug-likeness (QED) is 0.842. The predicted octanol–water partition coefficient (Wildman–Crippen LogP) is 1.56. The maximum absolute atomic E-state index is 11.4. The number of ketones is 1. The van der Waals surface area contributed by atoms with E-state index in [9.17, 15) is 4.79 Å². The van der Waals surface area contributed by atoms with Gasteiger partial charge in [-0.15, -0.1) is 0 Å². The second kappa shape index (κ2) is 5.69. The van der Waals surface area contributed by atoms with Crippen LogP contribution in [0.25, 0.3) is 0 Å². The van der Waals surface area contributed by atoms with Gasteiger partial charge in [0.25, 0.3) is 0 Å². The number of ether oxygens (including phenoxy) is 1. The molecule has 1 heterocycles. The summed E-state index contributed by atoms with van der Waals surface area (Å²) in [6, 6.07) is 5.06. The first-order chi connectivity index (χ1) is 8.60. The monoisotopic (exact) mass is 268 g/mol. The summed E-state index contributed by atoms with van der Waals surface area (Å²) < 4.78 is 5.83. The summed E-state index contributed by atoms with van der Waals surface area (Å²) in [4.78, 5) is 13.6. The molecule has 2 N–H and O–H groups in total. The highest BCUT2D eigenvalue weighted by Crippen LogP contribution is 2.28. The Morgan fingerprint density at radius 3 is 2.94 bits per heavy atom. The molecule has 5 heteroatoms. The molecule has 2 rings (SSSR count). The molecule has 1 unspecified atom stereocenters. The van der Waals surface area contributed by atoms with Crippen molar-refractivity contribution in [3.05, 3.63) is 28.8 Å². The molecule has 0 aromatic heterocycles. The fourth-order valence-corrected chi connectivity index (χ4v) is 2.28. The topological polar surface area (TPSA) is 55.6 Å². The van der Waals surface area contributed by atoms with Crippen molar-refractivity contribution in [1.82, 2.24) is 4.90 Å². The van der Waals surface area contributed by atoms with Crippen LogP contribution in [-0.4, -0.2) is 43.5 Å². The zero-order valence-corrected chi connectivity index (χ0v) is 11.1. The van der Waals surface area contributed by atoms with E-state index in [-0.39, 0.29) is 18.4 Å². The third kappa shape index (κ3) is 3.02. The molecule has 1 aliphatic heterocycles. The van der Waals surface area contributed by atoms with Crippen LogP contribution >= 0.6 is 11.6 Å². The van der Waals surface area contributed by atoms with E-state index in [2.05, 4.69) is 11.9 Å². The standard InChI is InChI=1S/C13H17ClN2O2/c1-16-5-4-10(8-16)18-13-3-2-9(6-11(13)14)12(17)7-15/h2-3,6,10H,4-5,7-8,15H2,1H3. The zero-order chi connectivity index (χ0) is 13.1. The number of hydrogen-bond acceptors (Lipinski definition) is 4. The second-order valence-electron chi connectivity index (χ2n) is 4.56. The predicted molar refractivity (Wildman–Crippen MR) is 71.4 cm³/mol. The van der Waals surface area contributed by atoms with Crippen LogP contribution in [0.15, 0.2) is 18.2 Å². The molecule has 18 heavy (non-hydrogen) atoms. The van der Waals surface area contributed by atoms with Gasteiger partial charge in [0.05, 0.1) is 11.6 Å². The molecule has 1 aliphatic rings. The van der Waals surface area contributed by atoms with Gasteiger partial charge < -0.3 is 15.4 Å². The second-order valence-corrected chi connectivity index (χ2v) is 4.97. The molecule has 1 saturated heterocycles. The van der Waals surface area contributed by atoms with Crippen LogP contribution in [0.1, 0.15) is 16.8 Å². The van der Waals surface area contributed by atoms with E-state index < -0.39 is 0 Å². The lowest BCUT2D eigenvalue weighted by molar-refractivity contribution is 0.100. The Morgan fingerprint density at radius 2 is 2.39 bits per heavy atom. The van der Waals surface area contributed by atoms with Crippen LogP contribution in [0.5, 0.6) is 5.75 Å². The Morgan fingerprint density at radius 1 is 1.61 bits per heavy atom.